The molecule has 1 fully saturated rings. The van der Waals surface area contributed by atoms with Crippen molar-refractivity contribution in [3.05, 3.63) is 11.6 Å². The van der Waals surface area contributed by atoms with Gasteiger partial charge >= 0.3 is 0 Å². The predicted octanol–water partition coefficient (Wildman–Crippen LogP) is 0.495. The first-order valence-corrected chi connectivity index (χ1v) is 6.62. The minimum atomic E-state index is 0.402. The highest BCUT2D eigenvalue weighted by Crippen LogP contribution is 2.41. The van der Waals surface area contributed by atoms with E-state index in [0.29, 0.717) is 25.9 Å². The third-order valence-corrected chi connectivity index (χ3v) is 3.59. The Labute approximate surface area is 107 Å². The Kier molecular flexibility index (Phi) is 3.58. The van der Waals surface area contributed by atoms with Gasteiger partial charge in [-0.15, -0.1) is 10.2 Å². The van der Waals surface area contributed by atoms with Crippen LogP contribution in [0.15, 0.2) is 0 Å². The smallest absolute Gasteiger partial charge is 0.159 e. The molecule has 0 aromatic carbocycles. The van der Waals surface area contributed by atoms with Crippen LogP contribution < -0.4 is 5.32 Å². The molecule has 0 amide bonds. The van der Waals surface area contributed by atoms with Gasteiger partial charge in [0.25, 0.3) is 0 Å². The average Bonchev–Trinajstić information content (AvgIpc) is 3.16. The van der Waals surface area contributed by atoms with Crippen LogP contribution in [-0.4, -0.2) is 41.6 Å². The summed E-state index contributed by atoms with van der Waals surface area (Å²) < 4.78 is 12.7. The summed E-state index contributed by atoms with van der Waals surface area (Å²) in [6, 6.07) is 0.402. The fraction of sp³-hybridized carbons (Fsp3) is 0.833. The standard InChI is InChI=1S/C12H20N4O2/c1-17-6-7-18-8-10-14-15-12-11(9-2-3-9)13-4-5-16(10)12/h9,11,13H,2-8H2,1H3. The second kappa shape index (κ2) is 5.34. The summed E-state index contributed by atoms with van der Waals surface area (Å²) in [6.07, 6.45) is 2.62. The van der Waals surface area contributed by atoms with Crippen molar-refractivity contribution in [1.29, 1.82) is 0 Å². The maximum Gasteiger partial charge on any atom is 0.159 e. The van der Waals surface area contributed by atoms with E-state index in [0.717, 1.165) is 30.7 Å². The van der Waals surface area contributed by atoms with Crippen molar-refractivity contribution in [2.24, 2.45) is 5.92 Å². The molecule has 1 aliphatic carbocycles. The van der Waals surface area contributed by atoms with E-state index in [1.54, 1.807) is 7.11 Å². The van der Waals surface area contributed by atoms with Crippen molar-refractivity contribution in [2.45, 2.75) is 32.0 Å². The van der Waals surface area contributed by atoms with Crippen LogP contribution >= 0.6 is 0 Å². The molecule has 0 spiro atoms. The van der Waals surface area contributed by atoms with E-state index in [2.05, 4.69) is 20.1 Å². The molecule has 1 aliphatic heterocycles. The van der Waals surface area contributed by atoms with E-state index >= 15 is 0 Å². The zero-order chi connectivity index (χ0) is 12.4. The molecule has 2 heterocycles. The average molecular weight is 252 g/mol. The molecule has 18 heavy (non-hydrogen) atoms. The van der Waals surface area contributed by atoms with Crippen molar-refractivity contribution in [3.8, 4) is 0 Å². The monoisotopic (exact) mass is 252 g/mol. The van der Waals surface area contributed by atoms with Gasteiger partial charge in [-0.2, -0.15) is 0 Å². The van der Waals surface area contributed by atoms with E-state index in [4.69, 9.17) is 9.47 Å². The highest BCUT2D eigenvalue weighted by atomic mass is 16.5. The molecule has 2 aliphatic rings. The number of aromatic nitrogens is 3. The summed E-state index contributed by atoms with van der Waals surface area (Å²) in [6.45, 7) is 3.68. The van der Waals surface area contributed by atoms with E-state index in [9.17, 15) is 0 Å². The summed E-state index contributed by atoms with van der Waals surface area (Å²) in [7, 11) is 1.67. The Hall–Kier alpha value is -0.980. The van der Waals surface area contributed by atoms with E-state index in [-0.39, 0.29) is 0 Å². The molecule has 1 N–H and O–H groups in total. The minimum absolute atomic E-state index is 0.402. The van der Waals surface area contributed by atoms with Crippen molar-refractivity contribution in [3.63, 3.8) is 0 Å². The zero-order valence-electron chi connectivity index (χ0n) is 10.8. The van der Waals surface area contributed by atoms with Gasteiger partial charge in [-0.25, -0.2) is 0 Å². The van der Waals surface area contributed by atoms with Crippen molar-refractivity contribution >= 4 is 0 Å². The van der Waals surface area contributed by atoms with E-state index in [1.807, 2.05) is 0 Å². The lowest BCUT2D eigenvalue weighted by molar-refractivity contribution is 0.0568. The summed E-state index contributed by atoms with van der Waals surface area (Å²) in [5, 5.41) is 12.1. The van der Waals surface area contributed by atoms with Crippen molar-refractivity contribution in [2.75, 3.05) is 26.9 Å². The maximum atomic E-state index is 5.53. The third kappa shape index (κ3) is 2.41. The van der Waals surface area contributed by atoms with Crippen molar-refractivity contribution in [1.82, 2.24) is 20.1 Å². The first-order valence-electron chi connectivity index (χ1n) is 6.62. The van der Waals surface area contributed by atoms with Gasteiger partial charge in [0.15, 0.2) is 11.6 Å². The number of hydrogen-bond donors (Lipinski definition) is 1. The molecule has 1 atom stereocenters. The van der Waals surface area contributed by atoms with E-state index in [1.165, 1.54) is 12.8 Å². The van der Waals surface area contributed by atoms with Crippen LogP contribution in [-0.2, 0) is 22.6 Å². The second-order valence-corrected chi connectivity index (χ2v) is 4.94. The molecule has 6 heteroatoms. The van der Waals surface area contributed by atoms with Gasteiger partial charge in [0.05, 0.1) is 19.3 Å². The van der Waals surface area contributed by atoms with Gasteiger partial charge in [-0.3, -0.25) is 0 Å². The quantitative estimate of drug-likeness (QED) is 0.747. The fourth-order valence-corrected chi connectivity index (χ4v) is 2.47. The SMILES string of the molecule is COCCOCc1nnc2n1CCNC2C1CC1. The maximum absolute atomic E-state index is 5.53. The molecule has 1 aromatic rings. The molecular weight excluding hydrogens is 232 g/mol. The lowest BCUT2D eigenvalue weighted by Crippen LogP contribution is -2.35. The normalized spacial score (nSPS) is 23.1. The Bertz CT molecular complexity index is 403. The molecule has 1 saturated carbocycles. The van der Waals surface area contributed by atoms with Crippen LogP contribution in [0.25, 0.3) is 0 Å². The van der Waals surface area contributed by atoms with Gasteiger partial charge in [0.1, 0.15) is 6.61 Å². The summed E-state index contributed by atoms with van der Waals surface area (Å²) in [5.41, 5.74) is 0. The highest BCUT2D eigenvalue weighted by molar-refractivity contribution is 5.08. The lowest BCUT2D eigenvalue weighted by Gasteiger charge is -2.24. The summed E-state index contributed by atoms with van der Waals surface area (Å²) >= 11 is 0. The zero-order valence-corrected chi connectivity index (χ0v) is 10.8. The Morgan fingerprint density at radius 2 is 2.22 bits per heavy atom. The van der Waals surface area contributed by atoms with Gasteiger partial charge in [0.2, 0.25) is 0 Å². The van der Waals surface area contributed by atoms with Crippen LogP contribution in [0.1, 0.15) is 30.5 Å². The first-order chi connectivity index (χ1) is 8.90. The molecule has 100 valence electrons. The number of nitrogens with one attached hydrogen (secondary N) is 1. The molecule has 6 nitrogen and oxygen atoms in total. The summed E-state index contributed by atoms with van der Waals surface area (Å²) in [4.78, 5) is 0. The number of hydrogen-bond acceptors (Lipinski definition) is 5. The number of methoxy groups -OCH3 is 1. The van der Waals surface area contributed by atoms with Crippen LogP contribution in [0, 0.1) is 5.92 Å². The molecule has 1 aromatic heterocycles. The van der Waals surface area contributed by atoms with Crippen molar-refractivity contribution < 1.29 is 9.47 Å². The fourth-order valence-electron chi connectivity index (χ4n) is 2.47. The lowest BCUT2D eigenvalue weighted by atomic mass is 10.1. The minimum Gasteiger partial charge on any atom is -0.382 e. The van der Waals surface area contributed by atoms with Crippen LogP contribution in [0.5, 0.6) is 0 Å². The van der Waals surface area contributed by atoms with Gasteiger partial charge in [-0.1, -0.05) is 0 Å². The number of fused-ring (bicyclic) bond motifs is 1. The number of rotatable bonds is 6. The summed E-state index contributed by atoms with van der Waals surface area (Å²) in [5.74, 6) is 2.79. The molecule has 3 rings (SSSR count). The Balaban J connectivity index is 1.65. The van der Waals surface area contributed by atoms with Crippen LogP contribution in [0.2, 0.25) is 0 Å². The topological polar surface area (TPSA) is 61.2 Å². The second-order valence-electron chi connectivity index (χ2n) is 4.94. The number of ether oxygens (including phenoxy) is 2. The van der Waals surface area contributed by atoms with Gasteiger partial charge < -0.3 is 19.4 Å². The van der Waals surface area contributed by atoms with Crippen LogP contribution in [0.3, 0.4) is 0 Å². The predicted molar refractivity (Wildman–Crippen MR) is 65.0 cm³/mol. The highest BCUT2D eigenvalue weighted by Gasteiger charge is 2.37. The molecule has 1 unspecified atom stereocenters. The molecule has 0 bridgehead atoms. The molecular formula is C12H20N4O2. The largest absolute Gasteiger partial charge is 0.382 e. The van der Waals surface area contributed by atoms with Gasteiger partial charge in [-0.05, 0) is 18.8 Å². The Morgan fingerprint density at radius 3 is 3.00 bits per heavy atom. The van der Waals surface area contributed by atoms with Crippen LogP contribution in [0.4, 0.5) is 0 Å². The first kappa shape index (κ1) is 12.1. The third-order valence-electron chi connectivity index (χ3n) is 3.59. The Morgan fingerprint density at radius 1 is 1.33 bits per heavy atom. The molecule has 0 saturated heterocycles. The molecule has 0 radical (unpaired) electrons. The number of nitrogens with zero attached hydrogens (tertiary/aromatic N) is 3. The van der Waals surface area contributed by atoms with E-state index < -0.39 is 0 Å². The van der Waals surface area contributed by atoms with Gasteiger partial charge in [0, 0.05) is 20.2 Å².